The van der Waals surface area contributed by atoms with Crippen LogP contribution in [0.25, 0.3) is 0 Å². The molecule has 0 fully saturated rings. The van der Waals surface area contributed by atoms with Gasteiger partial charge in [-0.15, -0.1) is 0 Å². The van der Waals surface area contributed by atoms with Gasteiger partial charge in [-0.1, -0.05) is 19.1 Å². The summed E-state index contributed by atoms with van der Waals surface area (Å²) in [4.78, 5) is 37.9. The minimum absolute atomic E-state index is 0.289. The van der Waals surface area contributed by atoms with Crippen molar-refractivity contribution >= 4 is 23.5 Å². The molecule has 2 aromatic carbocycles. The first kappa shape index (κ1) is 17.7. The Bertz CT molecular complexity index is 809. The van der Waals surface area contributed by atoms with Gasteiger partial charge < -0.3 is 9.47 Å². The van der Waals surface area contributed by atoms with Crippen LogP contribution in [0.3, 0.4) is 0 Å². The summed E-state index contributed by atoms with van der Waals surface area (Å²) in [6.45, 7) is 3.85. The Labute approximate surface area is 151 Å². The largest absolute Gasteiger partial charge is 0.479 e. The van der Waals surface area contributed by atoms with Crippen LogP contribution in [0.4, 0.5) is 5.69 Å². The van der Waals surface area contributed by atoms with Gasteiger partial charge in [-0.2, -0.15) is 0 Å². The molecule has 6 heteroatoms. The first-order valence-electron chi connectivity index (χ1n) is 8.48. The summed E-state index contributed by atoms with van der Waals surface area (Å²) in [5.41, 5.74) is 1.24. The van der Waals surface area contributed by atoms with E-state index in [1.54, 1.807) is 55.5 Å². The molecule has 0 aromatic heterocycles. The molecule has 0 unspecified atom stereocenters. The lowest BCUT2D eigenvalue weighted by Gasteiger charge is -2.17. The second kappa shape index (κ2) is 7.39. The number of esters is 1. The van der Waals surface area contributed by atoms with E-state index in [2.05, 4.69) is 0 Å². The SMILES string of the molecule is CCOC(=O)[C@@H](CC)Oc1ccc(N2C(=O)c3ccccc3C2=O)cc1. The van der Waals surface area contributed by atoms with E-state index in [-0.39, 0.29) is 18.4 Å². The zero-order chi connectivity index (χ0) is 18.7. The molecule has 26 heavy (non-hydrogen) atoms. The van der Waals surface area contributed by atoms with Gasteiger partial charge in [-0.05, 0) is 49.7 Å². The molecule has 3 rings (SSSR count). The number of carbonyl (C=O) groups excluding carboxylic acids is 3. The molecule has 0 aliphatic carbocycles. The molecule has 1 heterocycles. The van der Waals surface area contributed by atoms with Gasteiger partial charge in [0.05, 0.1) is 23.4 Å². The first-order chi connectivity index (χ1) is 12.6. The van der Waals surface area contributed by atoms with Gasteiger partial charge in [0.1, 0.15) is 5.75 Å². The number of hydrogen-bond donors (Lipinski definition) is 0. The molecule has 1 aliphatic heterocycles. The van der Waals surface area contributed by atoms with E-state index in [9.17, 15) is 14.4 Å². The Balaban J connectivity index is 1.77. The van der Waals surface area contributed by atoms with Gasteiger partial charge in [0.25, 0.3) is 11.8 Å². The van der Waals surface area contributed by atoms with Crippen LogP contribution in [0.15, 0.2) is 48.5 Å². The quantitative estimate of drug-likeness (QED) is 0.589. The summed E-state index contributed by atoms with van der Waals surface area (Å²) in [5.74, 6) is -0.654. The topological polar surface area (TPSA) is 72.9 Å². The molecule has 1 aliphatic rings. The maximum Gasteiger partial charge on any atom is 0.347 e. The van der Waals surface area contributed by atoms with Crippen molar-refractivity contribution in [2.24, 2.45) is 0 Å². The minimum Gasteiger partial charge on any atom is -0.479 e. The molecule has 134 valence electrons. The van der Waals surface area contributed by atoms with Crippen molar-refractivity contribution in [1.82, 2.24) is 0 Å². The van der Waals surface area contributed by atoms with Crippen molar-refractivity contribution in [3.63, 3.8) is 0 Å². The standard InChI is InChI=1S/C20H19NO5/c1-3-17(20(24)25-4-2)26-14-11-9-13(10-12-14)21-18(22)15-7-5-6-8-16(15)19(21)23/h5-12,17H,3-4H2,1-2H3/t17-/m1/s1. The minimum atomic E-state index is -0.694. The molecular weight excluding hydrogens is 334 g/mol. The lowest BCUT2D eigenvalue weighted by molar-refractivity contribution is -0.151. The van der Waals surface area contributed by atoms with Gasteiger partial charge in [0.2, 0.25) is 0 Å². The zero-order valence-electron chi connectivity index (χ0n) is 14.6. The molecule has 2 amide bonds. The number of ether oxygens (including phenoxy) is 2. The van der Waals surface area contributed by atoms with Crippen molar-refractivity contribution in [3.05, 3.63) is 59.7 Å². The highest BCUT2D eigenvalue weighted by atomic mass is 16.6. The highest BCUT2D eigenvalue weighted by molar-refractivity contribution is 6.34. The van der Waals surface area contributed by atoms with E-state index in [1.165, 1.54) is 0 Å². The highest BCUT2D eigenvalue weighted by Gasteiger charge is 2.36. The van der Waals surface area contributed by atoms with Crippen LogP contribution in [0.2, 0.25) is 0 Å². The van der Waals surface area contributed by atoms with Crippen molar-refractivity contribution in [2.75, 3.05) is 11.5 Å². The molecule has 0 bridgehead atoms. The molecule has 0 spiro atoms. The van der Waals surface area contributed by atoms with Crippen LogP contribution in [-0.2, 0) is 9.53 Å². The Hall–Kier alpha value is -3.15. The third kappa shape index (κ3) is 3.18. The Morgan fingerprint density at radius 1 is 0.962 bits per heavy atom. The van der Waals surface area contributed by atoms with E-state index in [0.717, 1.165) is 4.90 Å². The normalized spacial score (nSPS) is 14.2. The van der Waals surface area contributed by atoms with Gasteiger partial charge in [-0.3, -0.25) is 9.59 Å². The van der Waals surface area contributed by atoms with Crippen LogP contribution in [0, 0.1) is 0 Å². The van der Waals surface area contributed by atoms with Crippen molar-refractivity contribution in [1.29, 1.82) is 0 Å². The smallest absolute Gasteiger partial charge is 0.347 e. The summed E-state index contributed by atoms with van der Waals surface area (Å²) < 4.78 is 10.6. The molecule has 2 aromatic rings. The van der Waals surface area contributed by atoms with Crippen molar-refractivity contribution in [3.8, 4) is 5.75 Å². The third-order valence-corrected chi connectivity index (χ3v) is 4.09. The van der Waals surface area contributed by atoms with E-state index in [0.29, 0.717) is 29.0 Å². The average molecular weight is 353 g/mol. The molecule has 0 radical (unpaired) electrons. The summed E-state index contributed by atoms with van der Waals surface area (Å²) in [6, 6.07) is 13.2. The van der Waals surface area contributed by atoms with Crippen LogP contribution in [-0.4, -0.2) is 30.5 Å². The second-order valence-corrected chi connectivity index (χ2v) is 5.75. The highest BCUT2D eigenvalue weighted by Crippen LogP contribution is 2.29. The van der Waals surface area contributed by atoms with E-state index in [1.807, 2.05) is 6.92 Å². The number of rotatable bonds is 6. The van der Waals surface area contributed by atoms with Crippen LogP contribution in [0.1, 0.15) is 41.0 Å². The Kier molecular flexibility index (Phi) is 5.02. The molecule has 0 saturated heterocycles. The van der Waals surface area contributed by atoms with Gasteiger partial charge in [0.15, 0.2) is 6.10 Å². The van der Waals surface area contributed by atoms with Crippen LogP contribution in [0.5, 0.6) is 5.75 Å². The number of anilines is 1. The first-order valence-corrected chi connectivity index (χ1v) is 8.48. The van der Waals surface area contributed by atoms with Crippen LogP contribution >= 0.6 is 0 Å². The second-order valence-electron chi connectivity index (χ2n) is 5.75. The number of nitrogens with zero attached hydrogens (tertiary/aromatic N) is 1. The van der Waals surface area contributed by atoms with E-state index >= 15 is 0 Å². The fraction of sp³-hybridized carbons (Fsp3) is 0.250. The molecule has 0 saturated carbocycles. The maximum atomic E-state index is 12.5. The number of imide groups is 1. The number of benzene rings is 2. The molecule has 1 atom stereocenters. The van der Waals surface area contributed by atoms with E-state index < -0.39 is 12.1 Å². The number of amides is 2. The fourth-order valence-corrected chi connectivity index (χ4v) is 2.80. The molecule has 6 nitrogen and oxygen atoms in total. The number of carbonyl (C=O) groups is 3. The van der Waals surface area contributed by atoms with E-state index in [4.69, 9.17) is 9.47 Å². The zero-order valence-corrected chi connectivity index (χ0v) is 14.6. The Morgan fingerprint density at radius 2 is 1.54 bits per heavy atom. The van der Waals surface area contributed by atoms with Crippen molar-refractivity contribution in [2.45, 2.75) is 26.4 Å². The predicted molar refractivity (Wildman–Crippen MR) is 95.4 cm³/mol. The number of fused-ring (bicyclic) bond motifs is 1. The summed E-state index contributed by atoms with van der Waals surface area (Å²) in [6.07, 6.45) is -0.223. The summed E-state index contributed by atoms with van der Waals surface area (Å²) in [7, 11) is 0. The number of hydrogen-bond acceptors (Lipinski definition) is 5. The third-order valence-electron chi connectivity index (χ3n) is 4.09. The van der Waals surface area contributed by atoms with Gasteiger partial charge in [-0.25, -0.2) is 9.69 Å². The fourth-order valence-electron chi connectivity index (χ4n) is 2.80. The maximum absolute atomic E-state index is 12.5. The summed E-state index contributed by atoms with van der Waals surface area (Å²) in [5, 5.41) is 0. The lowest BCUT2D eigenvalue weighted by atomic mass is 10.1. The lowest BCUT2D eigenvalue weighted by Crippen LogP contribution is -2.30. The average Bonchev–Trinajstić information content (AvgIpc) is 2.91. The molecule has 0 N–H and O–H groups in total. The van der Waals surface area contributed by atoms with Crippen LogP contribution < -0.4 is 9.64 Å². The summed E-state index contributed by atoms with van der Waals surface area (Å²) >= 11 is 0. The van der Waals surface area contributed by atoms with Crippen molar-refractivity contribution < 1.29 is 23.9 Å². The van der Waals surface area contributed by atoms with Gasteiger partial charge >= 0.3 is 5.97 Å². The monoisotopic (exact) mass is 353 g/mol. The predicted octanol–water partition coefficient (Wildman–Crippen LogP) is 3.21. The Morgan fingerprint density at radius 3 is 2.04 bits per heavy atom. The van der Waals surface area contributed by atoms with Gasteiger partial charge in [0, 0.05) is 0 Å². The molecular formula is C20H19NO5.